The van der Waals surface area contributed by atoms with Crippen molar-refractivity contribution in [1.82, 2.24) is 14.8 Å². The molecule has 1 aliphatic rings. The third-order valence-corrected chi connectivity index (χ3v) is 4.55. The number of hydrogen-bond acceptors (Lipinski definition) is 4. The number of amides is 2. The molecule has 0 aliphatic carbocycles. The molecule has 0 unspecified atom stereocenters. The molecule has 2 amide bonds. The predicted molar refractivity (Wildman–Crippen MR) is 103 cm³/mol. The minimum atomic E-state index is -0.0405. The summed E-state index contributed by atoms with van der Waals surface area (Å²) in [4.78, 5) is 32.8. The van der Waals surface area contributed by atoms with Crippen molar-refractivity contribution >= 4 is 11.8 Å². The number of carbonyl (C=O) groups is 2. The van der Waals surface area contributed by atoms with Gasteiger partial charge in [-0.3, -0.25) is 14.6 Å². The van der Waals surface area contributed by atoms with Crippen molar-refractivity contribution in [2.75, 3.05) is 26.2 Å². The third-order valence-electron chi connectivity index (χ3n) is 4.55. The molecule has 0 radical (unpaired) electrons. The Balaban J connectivity index is 1.61. The molecule has 2 aromatic rings. The summed E-state index contributed by atoms with van der Waals surface area (Å²) < 4.78 is 5.73. The van der Waals surface area contributed by atoms with Crippen LogP contribution in [0.2, 0.25) is 0 Å². The number of pyridine rings is 1. The summed E-state index contributed by atoms with van der Waals surface area (Å²) in [7, 11) is 0. The summed E-state index contributed by atoms with van der Waals surface area (Å²) in [6.07, 6.45) is 3.31. The maximum Gasteiger partial charge on any atom is 0.255 e. The van der Waals surface area contributed by atoms with E-state index in [2.05, 4.69) is 4.98 Å². The van der Waals surface area contributed by atoms with Crippen LogP contribution < -0.4 is 4.74 Å². The first-order valence-electron chi connectivity index (χ1n) is 9.21. The van der Waals surface area contributed by atoms with Gasteiger partial charge in [-0.2, -0.15) is 0 Å². The SMILES string of the molecule is Cc1cc(C(=O)N2CCN(C(=O)c3cccnc3)CC2)ccc1OC(C)C. The normalized spacial score (nSPS) is 14.4. The summed E-state index contributed by atoms with van der Waals surface area (Å²) >= 11 is 0. The van der Waals surface area contributed by atoms with Crippen LogP contribution in [0.5, 0.6) is 5.75 Å². The Morgan fingerprint density at radius 1 is 1.00 bits per heavy atom. The molecule has 2 heterocycles. The largest absolute Gasteiger partial charge is 0.491 e. The monoisotopic (exact) mass is 367 g/mol. The quantitative estimate of drug-likeness (QED) is 0.834. The minimum Gasteiger partial charge on any atom is -0.491 e. The highest BCUT2D eigenvalue weighted by Gasteiger charge is 2.25. The first-order chi connectivity index (χ1) is 13.0. The first-order valence-corrected chi connectivity index (χ1v) is 9.21. The molecule has 0 saturated carbocycles. The summed E-state index contributed by atoms with van der Waals surface area (Å²) in [5.41, 5.74) is 2.17. The highest BCUT2D eigenvalue weighted by molar-refractivity contribution is 5.96. The molecule has 0 spiro atoms. The number of nitrogens with zero attached hydrogens (tertiary/aromatic N) is 3. The van der Waals surface area contributed by atoms with Gasteiger partial charge in [-0.15, -0.1) is 0 Å². The number of hydrogen-bond donors (Lipinski definition) is 0. The number of carbonyl (C=O) groups excluding carboxylic acids is 2. The van der Waals surface area contributed by atoms with Gasteiger partial charge in [0.15, 0.2) is 0 Å². The van der Waals surface area contributed by atoms with Crippen molar-refractivity contribution in [2.45, 2.75) is 26.9 Å². The lowest BCUT2D eigenvalue weighted by Gasteiger charge is -2.35. The number of piperazine rings is 1. The second-order valence-electron chi connectivity index (χ2n) is 6.97. The molecular weight excluding hydrogens is 342 g/mol. The van der Waals surface area contributed by atoms with Crippen molar-refractivity contribution in [1.29, 1.82) is 0 Å². The average Bonchev–Trinajstić information content (AvgIpc) is 2.69. The zero-order valence-corrected chi connectivity index (χ0v) is 16.0. The van der Waals surface area contributed by atoms with Gasteiger partial charge in [0, 0.05) is 44.1 Å². The molecule has 0 atom stereocenters. The minimum absolute atomic E-state index is 0.0114. The summed E-state index contributed by atoms with van der Waals surface area (Å²) in [5.74, 6) is 0.748. The molecule has 1 aromatic carbocycles. The van der Waals surface area contributed by atoms with Crippen molar-refractivity contribution in [3.8, 4) is 5.75 Å². The van der Waals surface area contributed by atoms with Crippen LogP contribution >= 0.6 is 0 Å². The van der Waals surface area contributed by atoms with Crippen LogP contribution in [0.4, 0.5) is 0 Å². The van der Waals surface area contributed by atoms with Crippen LogP contribution in [0.1, 0.15) is 40.1 Å². The van der Waals surface area contributed by atoms with Gasteiger partial charge in [0.25, 0.3) is 11.8 Å². The Kier molecular flexibility index (Phi) is 5.74. The van der Waals surface area contributed by atoms with Gasteiger partial charge < -0.3 is 14.5 Å². The lowest BCUT2D eigenvalue weighted by molar-refractivity contribution is 0.0535. The Bertz CT molecular complexity index is 813. The zero-order valence-electron chi connectivity index (χ0n) is 16.0. The van der Waals surface area contributed by atoms with E-state index in [1.54, 1.807) is 40.4 Å². The standard InChI is InChI=1S/C21H25N3O3/c1-15(2)27-19-7-6-17(13-16(19)3)20(25)23-9-11-24(12-10-23)21(26)18-5-4-8-22-14-18/h4-8,13-15H,9-12H2,1-3H3. The highest BCUT2D eigenvalue weighted by atomic mass is 16.5. The maximum absolute atomic E-state index is 12.8. The van der Waals surface area contributed by atoms with Gasteiger partial charge in [0.05, 0.1) is 11.7 Å². The van der Waals surface area contributed by atoms with E-state index >= 15 is 0 Å². The molecule has 0 bridgehead atoms. The van der Waals surface area contributed by atoms with Crippen molar-refractivity contribution in [2.24, 2.45) is 0 Å². The lowest BCUT2D eigenvalue weighted by Crippen LogP contribution is -2.50. The number of aromatic nitrogens is 1. The Morgan fingerprint density at radius 2 is 1.63 bits per heavy atom. The van der Waals surface area contributed by atoms with Gasteiger partial charge in [0.1, 0.15) is 5.75 Å². The second kappa shape index (κ2) is 8.20. The maximum atomic E-state index is 12.8. The van der Waals surface area contributed by atoms with E-state index in [9.17, 15) is 9.59 Å². The van der Waals surface area contributed by atoms with E-state index in [0.29, 0.717) is 37.3 Å². The lowest BCUT2D eigenvalue weighted by atomic mass is 10.1. The topological polar surface area (TPSA) is 62.7 Å². The molecule has 27 heavy (non-hydrogen) atoms. The van der Waals surface area contributed by atoms with E-state index in [4.69, 9.17) is 4.74 Å². The average molecular weight is 367 g/mol. The van der Waals surface area contributed by atoms with Gasteiger partial charge in [-0.05, 0) is 56.7 Å². The number of ether oxygens (including phenoxy) is 1. The number of aryl methyl sites for hydroxylation is 1. The van der Waals surface area contributed by atoms with E-state index in [1.807, 2.05) is 32.9 Å². The van der Waals surface area contributed by atoms with E-state index in [0.717, 1.165) is 11.3 Å². The van der Waals surface area contributed by atoms with Crippen molar-refractivity contribution < 1.29 is 14.3 Å². The zero-order chi connectivity index (χ0) is 19.4. The van der Waals surface area contributed by atoms with Gasteiger partial charge in [-0.25, -0.2) is 0 Å². The summed E-state index contributed by atoms with van der Waals surface area (Å²) in [6.45, 7) is 7.98. The fourth-order valence-corrected chi connectivity index (χ4v) is 3.14. The van der Waals surface area contributed by atoms with E-state index in [1.165, 1.54) is 0 Å². The summed E-state index contributed by atoms with van der Waals surface area (Å²) in [6, 6.07) is 9.04. The molecule has 0 N–H and O–H groups in total. The molecular formula is C21H25N3O3. The number of benzene rings is 1. The van der Waals surface area contributed by atoms with Crippen LogP contribution in [-0.4, -0.2) is 58.9 Å². The first kappa shape index (κ1) is 18.9. The van der Waals surface area contributed by atoms with Crippen LogP contribution in [0.25, 0.3) is 0 Å². The molecule has 6 heteroatoms. The fraction of sp³-hybridized carbons (Fsp3) is 0.381. The molecule has 3 rings (SSSR count). The Morgan fingerprint density at radius 3 is 2.15 bits per heavy atom. The predicted octanol–water partition coefficient (Wildman–Crippen LogP) is 2.78. The van der Waals surface area contributed by atoms with Crippen LogP contribution in [-0.2, 0) is 0 Å². The molecule has 1 aromatic heterocycles. The fourth-order valence-electron chi connectivity index (χ4n) is 3.14. The van der Waals surface area contributed by atoms with Gasteiger partial charge in [0.2, 0.25) is 0 Å². The highest BCUT2D eigenvalue weighted by Crippen LogP contribution is 2.22. The van der Waals surface area contributed by atoms with Crippen LogP contribution in [0.15, 0.2) is 42.7 Å². The van der Waals surface area contributed by atoms with Crippen molar-refractivity contribution in [3.63, 3.8) is 0 Å². The smallest absolute Gasteiger partial charge is 0.255 e. The number of rotatable bonds is 4. The van der Waals surface area contributed by atoms with E-state index in [-0.39, 0.29) is 17.9 Å². The molecule has 142 valence electrons. The van der Waals surface area contributed by atoms with Crippen LogP contribution in [0, 0.1) is 6.92 Å². The van der Waals surface area contributed by atoms with E-state index < -0.39 is 0 Å². The summed E-state index contributed by atoms with van der Waals surface area (Å²) in [5, 5.41) is 0. The van der Waals surface area contributed by atoms with Crippen molar-refractivity contribution in [3.05, 3.63) is 59.4 Å². The Labute approximate surface area is 159 Å². The molecule has 1 fully saturated rings. The third kappa shape index (κ3) is 4.45. The molecule has 1 saturated heterocycles. The Hall–Kier alpha value is -2.89. The molecule has 1 aliphatic heterocycles. The van der Waals surface area contributed by atoms with Gasteiger partial charge in [-0.1, -0.05) is 0 Å². The van der Waals surface area contributed by atoms with Gasteiger partial charge >= 0.3 is 0 Å². The second-order valence-corrected chi connectivity index (χ2v) is 6.97. The van der Waals surface area contributed by atoms with Crippen LogP contribution in [0.3, 0.4) is 0 Å². The molecule has 6 nitrogen and oxygen atoms in total.